The Labute approximate surface area is 155 Å². The zero-order valence-electron chi connectivity index (χ0n) is 15.0. The number of aromatic amines is 1. The van der Waals surface area contributed by atoms with Gasteiger partial charge in [0.05, 0.1) is 5.69 Å². The van der Waals surface area contributed by atoms with Gasteiger partial charge in [-0.15, -0.1) is 10.2 Å². The predicted octanol–water partition coefficient (Wildman–Crippen LogP) is 1.68. The van der Waals surface area contributed by atoms with Crippen molar-refractivity contribution in [3.63, 3.8) is 0 Å². The summed E-state index contributed by atoms with van der Waals surface area (Å²) in [5.74, 6) is 0.656. The Morgan fingerprint density at radius 1 is 1.22 bits per heavy atom. The highest BCUT2D eigenvalue weighted by atomic mass is 16.2. The van der Waals surface area contributed by atoms with Crippen LogP contribution in [0.15, 0.2) is 47.8 Å². The van der Waals surface area contributed by atoms with Gasteiger partial charge in [0, 0.05) is 36.3 Å². The average Bonchev–Trinajstić information content (AvgIpc) is 3.22. The molecule has 1 N–H and O–H groups in total. The van der Waals surface area contributed by atoms with Gasteiger partial charge in [0.15, 0.2) is 0 Å². The van der Waals surface area contributed by atoms with Gasteiger partial charge in [-0.1, -0.05) is 6.07 Å². The quantitative estimate of drug-likeness (QED) is 0.763. The lowest BCUT2D eigenvalue weighted by Gasteiger charge is -2.32. The first kappa shape index (κ1) is 17.1. The lowest BCUT2D eigenvalue weighted by Crippen LogP contribution is -2.39. The molecule has 1 aliphatic rings. The third-order valence-electron chi connectivity index (χ3n) is 4.82. The normalized spacial score (nSPS) is 17.1. The van der Waals surface area contributed by atoms with Crippen molar-refractivity contribution in [2.45, 2.75) is 25.7 Å². The Bertz CT molecular complexity index is 1010. The molecule has 1 atom stereocenters. The van der Waals surface area contributed by atoms with Crippen molar-refractivity contribution in [3.05, 3.63) is 70.4 Å². The summed E-state index contributed by atoms with van der Waals surface area (Å²) >= 11 is 0. The van der Waals surface area contributed by atoms with Gasteiger partial charge in [-0.25, -0.2) is 4.98 Å². The van der Waals surface area contributed by atoms with Crippen molar-refractivity contribution in [2.24, 2.45) is 0 Å². The minimum atomic E-state index is -0.150. The number of nitrogens with zero attached hydrogens (tertiary/aromatic N) is 5. The van der Waals surface area contributed by atoms with Crippen LogP contribution in [0.1, 0.15) is 40.6 Å². The predicted molar refractivity (Wildman–Crippen MR) is 98.8 cm³/mol. The van der Waals surface area contributed by atoms with E-state index < -0.39 is 0 Å². The number of H-pyrrole nitrogens is 1. The van der Waals surface area contributed by atoms with Crippen LogP contribution in [0.4, 0.5) is 0 Å². The van der Waals surface area contributed by atoms with Crippen molar-refractivity contribution in [3.8, 4) is 5.69 Å². The molecular formula is C19H20N6O2. The second kappa shape index (κ2) is 7.14. The van der Waals surface area contributed by atoms with Crippen LogP contribution in [0.3, 0.4) is 0 Å². The van der Waals surface area contributed by atoms with Gasteiger partial charge in [-0.05, 0) is 38.0 Å². The van der Waals surface area contributed by atoms with Crippen LogP contribution in [0.25, 0.3) is 5.69 Å². The van der Waals surface area contributed by atoms with Gasteiger partial charge in [-0.3, -0.25) is 14.2 Å². The summed E-state index contributed by atoms with van der Waals surface area (Å²) < 4.78 is 1.76. The van der Waals surface area contributed by atoms with Crippen LogP contribution < -0.4 is 5.56 Å². The van der Waals surface area contributed by atoms with E-state index in [0.717, 1.165) is 24.2 Å². The molecule has 1 fully saturated rings. The lowest BCUT2D eigenvalue weighted by molar-refractivity contribution is 0.0706. The first-order valence-electron chi connectivity index (χ1n) is 8.92. The molecule has 0 bridgehead atoms. The van der Waals surface area contributed by atoms with Gasteiger partial charge in [-0.2, -0.15) is 0 Å². The third kappa shape index (κ3) is 3.64. The van der Waals surface area contributed by atoms with E-state index in [1.165, 1.54) is 6.07 Å². The highest BCUT2D eigenvalue weighted by Gasteiger charge is 2.27. The summed E-state index contributed by atoms with van der Waals surface area (Å²) in [6.45, 7) is 3.03. The van der Waals surface area contributed by atoms with Crippen LogP contribution in [0, 0.1) is 6.92 Å². The molecule has 0 aliphatic carbocycles. The molecule has 0 saturated carbocycles. The summed E-state index contributed by atoms with van der Waals surface area (Å²) in [6.07, 6.45) is 5.00. The number of carbonyl (C=O) groups excluding carboxylic acids is 1. The smallest absolute Gasteiger partial charge is 0.253 e. The molecule has 138 valence electrons. The number of aryl methyl sites for hydroxylation is 1. The van der Waals surface area contributed by atoms with Gasteiger partial charge in [0.2, 0.25) is 0 Å². The fourth-order valence-corrected chi connectivity index (χ4v) is 3.53. The van der Waals surface area contributed by atoms with Crippen LogP contribution in [-0.4, -0.2) is 48.6 Å². The molecule has 1 aliphatic heterocycles. The number of likely N-dealkylation sites (tertiary alicyclic amines) is 1. The second-order valence-corrected chi connectivity index (χ2v) is 6.77. The monoisotopic (exact) mass is 364 g/mol. The lowest BCUT2D eigenvalue weighted by atomic mass is 9.94. The number of carbonyl (C=O) groups is 1. The number of aromatic nitrogens is 5. The van der Waals surface area contributed by atoms with E-state index in [-0.39, 0.29) is 17.4 Å². The molecular weight excluding hydrogens is 344 g/mol. The van der Waals surface area contributed by atoms with E-state index in [9.17, 15) is 9.59 Å². The van der Waals surface area contributed by atoms with Crippen LogP contribution >= 0.6 is 0 Å². The maximum absolute atomic E-state index is 13.0. The van der Waals surface area contributed by atoms with Crippen LogP contribution in [0.5, 0.6) is 0 Å². The maximum atomic E-state index is 13.0. The highest BCUT2D eigenvalue weighted by molar-refractivity contribution is 5.94. The van der Waals surface area contributed by atoms with Gasteiger partial charge in [0.1, 0.15) is 18.5 Å². The molecule has 2 aromatic heterocycles. The molecule has 8 nitrogen and oxygen atoms in total. The first-order valence-corrected chi connectivity index (χ1v) is 8.92. The fourth-order valence-electron chi connectivity index (χ4n) is 3.53. The van der Waals surface area contributed by atoms with Gasteiger partial charge >= 0.3 is 0 Å². The van der Waals surface area contributed by atoms with Gasteiger partial charge < -0.3 is 9.88 Å². The number of hydrogen-bond acceptors (Lipinski definition) is 5. The number of amides is 1. The van der Waals surface area contributed by atoms with E-state index in [4.69, 9.17) is 0 Å². The minimum Gasteiger partial charge on any atom is -0.338 e. The fraction of sp³-hybridized carbons (Fsp3) is 0.316. The van der Waals surface area contributed by atoms with Gasteiger partial charge in [0.25, 0.3) is 11.5 Å². The number of piperidine rings is 1. The van der Waals surface area contributed by atoms with E-state index in [1.54, 1.807) is 24.1 Å². The van der Waals surface area contributed by atoms with Crippen molar-refractivity contribution < 1.29 is 4.79 Å². The molecule has 1 amide bonds. The van der Waals surface area contributed by atoms with E-state index in [2.05, 4.69) is 20.2 Å². The topological polar surface area (TPSA) is 96.8 Å². The number of benzene rings is 1. The minimum absolute atomic E-state index is 0.0174. The number of nitrogens with one attached hydrogen (secondary N) is 1. The molecule has 8 heteroatoms. The second-order valence-electron chi connectivity index (χ2n) is 6.77. The molecule has 1 saturated heterocycles. The maximum Gasteiger partial charge on any atom is 0.253 e. The summed E-state index contributed by atoms with van der Waals surface area (Å²) in [6, 6.07) is 8.95. The Balaban J connectivity index is 1.55. The van der Waals surface area contributed by atoms with Crippen LogP contribution in [0.2, 0.25) is 0 Å². The van der Waals surface area contributed by atoms with Crippen molar-refractivity contribution in [1.82, 2.24) is 29.6 Å². The molecule has 3 heterocycles. The molecule has 4 rings (SSSR count). The van der Waals surface area contributed by atoms with Crippen molar-refractivity contribution in [2.75, 3.05) is 13.1 Å². The SMILES string of the molecule is Cc1nc([C@H]2CCCN(C(=O)c3cccc(-n4cnnc4)c3)C2)cc(=O)[nH]1. The van der Waals surface area contributed by atoms with E-state index in [0.29, 0.717) is 24.5 Å². The molecule has 1 aromatic carbocycles. The van der Waals surface area contributed by atoms with Crippen LogP contribution in [-0.2, 0) is 0 Å². The summed E-state index contributed by atoms with van der Waals surface area (Å²) in [7, 11) is 0. The van der Waals surface area contributed by atoms with Crippen molar-refractivity contribution >= 4 is 5.91 Å². The zero-order chi connectivity index (χ0) is 18.8. The number of rotatable bonds is 3. The molecule has 27 heavy (non-hydrogen) atoms. The third-order valence-corrected chi connectivity index (χ3v) is 4.82. The first-order chi connectivity index (χ1) is 13.1. The van der Waals surface area contributed by atoms with E-state index in [1.807, 2.05) is 29.2 Å². The summed E-state index contributed by atoms with van der Waals surface area (Å²) in [5, 5.41) is 7.61. The Hall–Kier alpha value is -3.29. The molecule has 0 unspecified atom stereocenters. The average molecular weight is 364 g/mol. The standard InChI is InChI=1S/C19H20N6O2/c1-13-22-17(9-18(26)23-13)15-5-3-7-24(10-15)19(27)14-4-2-6-16(8-14)25-11-20-21-12-25/h2,4,6,8-9,11-12,15H,3,5,7,10H2,1H3,(H,22,23,26)/t15-/m0/s1. The largest absolute Gasteiger partial charge is 0.338 e. The number of hydrogen-bond donors (Lipinski definition) is 1. The Morgan fingerprint density at radius 3 is 2.81 bits per heavy atom. The Kier molecular flexibility index (Phi) is 4.53. The molecule has 0 radical (unpaired) electrons. The van der Waals surface area contributed by atoms with E-state index >= 15 is 0 Å². The zero-order valence-corrected chi connectivity index (χ0v) is 15.0. The highest BCUT2D eigenvalue weighted by Crippen LogP contribution is 2.26. The molecule has 3 aromatic rings. The molecule has 0 spiro atoms. The Morgan fingerprint density at radius 2 is 2.04 bits per heavy atom. The summed E-state index contributed by atoms with van der Waals surface area (Å²) in [5.41, 5.74) is 2.07. The van der Waals surface area contributed by atoms with Crippen molar-refractivity contribution in [1.29, 1.82) is 0 Å². The summed E-state index contributed by atoms with van der Waals surface area (Å²) in [4.78, 5) is 33.8.